The number of benzene rings is 1. The Bertz CT molecular complexity index is 1050. The number of hydrogen-bond donors (Lipinski definition) is 1. The topological polar surface area (TPSA) is 81.3 Å². The summed E-state index contributed by atoms with van der Waals surface area (Å²) in [5, 5.41) is 0. The Morgan fingerprint density at radius 1 is 1.16 bits per heavy atom. The Morgan fingerprint density at radius 2 is 1.94 bits per heavy atom. The summed E-state index contributed by atoms with van der Waals surface area (Å²) < 4.78 is 18.3. The number of anilines is 1. The van der Waals surface area contributed by atoms with Gasteiger partial charge < -0.3 is 15.4 Å². The molecule has 3 heterocycles. The Kier molecular flexibility index (Phi) is 6.23. The van der Waals surface area contributed by atoms with Crippen molar-refractivity contribution in [3.63, 3.8) is 0 Å². The molecule has 4 rings (SSSR count). The van der Waals surface area contributed by atoms with E-state index in [2.05, 4.69) is 9.97 Å². The Hall–Kier alpha value is -3.32. The fourth-order valence-electron chi connectivity index (χ4n) is 3.72. The van der Waals surface area contributed by atoms with Crippen LogP contribution in [-0.4, -0.2) is 41.0 Å². The first-order valence-corrected chi connectivity index (χ1v) is 10.2. The van der Waals surface area contributed by atoms with Gasteiger partial charge in [0, 0.05) is 37.7 Å². The van der Waals surface area contributed by atoms with Crippen molar-refractivity contribution in [1.29, 1.82) is 0 Å². The largest absolute Gasteiger partial charge is 0.397 e. The molecule has 0 aliphatic carbocycles. The molecule has 160 valence electrons. The molecule has 1 aliphatic rings. The SMILES string of the molecule is COCc1ccc(CC2CN(C(=O)Cc3nc(-c4ccc(F)cc4)ccc3N)C2)nc1. The van der Waals surface area contributed by atoms with Crippen molar-refractivity contribution in [3.05, 3.63) is 77.5 Å². The van der Waals surface area contributed by atoms with Crippen LogP contribution in [-0.2, 0) is 29.0 Å². The number of aromatic nitrogens is 2. The number of likely N-dealkylation sites (tertiary alicyclic amines) is 1. The highest BCUT2D eigenvalue weighted by Gasteiger charge is 2.31. The number of carbonyl (C=O) groups is 1. The number of nitrogens with zero attached hydrogens (tertiary/aromatic N) is 3. The molecule has 31 heavy (non-hydrogen) atoms. The fourth-order valence-corrected chi connectivity index (χ4v) is 3.72. The van der Waals surface area contributed by atoms with Crippen LogP contribution in [0.15, 0.2) is 54.7 Å². The number of ether oxygens (including phenoxy) is 1. The number of pyridine rings is 2. The van der Waals surface area contributed by atoms with Gasteiger partial charge in [-0.05, 0) is 60.4 Å². The first-order valence-electron chi connectivity index (χ1n) is 10.2. The summed E-state index contributed by atoms with van der Waals surface area (Å²) in [6.07, 6.45) is 2.83. The Morgan fingerprint density at radius 3 is 2.61 bits per heavy atom. The maximum absolute atomic E-state index is 13.2. The van der Waals surface area contributed by atoms with Crippen molar-refractivity contribution >= 4 is 11.6 Å². The highest BCUT2D eigenvalue weighted by Crippen LogP contribution is 2.24. The molecule has 6 nitrogen and oxygen atoms in total. The van der Waals surface area contributed by atoms with Gasteiger partial charge in [0.2, 0.25) is 5.91 Å². The van der Waals surface area contributed by atoms with Gasteiger partial charge in [-0.3, -0.25) is 14.8 Å². The number of rotatable bonds is 7. The first-order chi connectivity index (χ1) is 15.0. The number of methoxy groups -OCH3 is 1. The smallest absolute Gasteiger partial charge is 0.228 e. The van der Waals surface area contributed by atoms with E-state index >= 15 is 0 Å². The standard InChI is InChI=1S/C24H25FN4O2/c1-31-15-16-2-7-20(27-12-16)10-17-13-29(14-17)24(30)11-23-21(26)8-9-22(28-23)18-3-5-19(25)6-4-18/h2-9,12,17H,10-11,13-15,26H2,1H3. The maximum Gasteiger partial charge on any atom is 0.228 e. The van der Waals surface area contributed by atoms with Crippen molar-refractivity contribution in [2.24, 2.45) is 5.92 Å². The number of amides is 1. The van der Waals surface area contributed by atoms with Crippen molar-refractivity contribution in [2.45, 2.75) is 19.4 Å². The second-order valence-corrected chi connectivity index (χ2v) is 7.88. The lowest BCUT2D eigenvalue weighted by Crippen LogP contribution is -2.51. The summed E-state index contributed by atoms with van der Waals surface area (Å²) in [4.78, 5) is 23.6. The van der Waals surface area contributed by atoms with Crippen LogP contribution in [0.4, 0.5) is 10.1 Å². The second-order valence-electron chi connectivity index (χ2n) is 7.88. The molecule has 0 radical (unpaired) electrons. The molecule has 0 saturated carbocycles. The van der Waals surface area contributed by atoms with E-state index in [1.54, 1.807) is 31.4 Å². The quantitative estimate of drug-likeness (QED) is 0.635. The molecule has 1 fully saturated rings. The van der Waals surface area contributed by atoms with Crippen molar-refractivity contribution in [1.82, 2.24) is 14.9 Å². The molecule has 0 bridgehead atoms. The Balaban J connectivity index is 1.33. The predicted octanol–water partition coefficient (Wildman–Crippen LogP) is 3.25. The molecule has 2 aromatic heterocycles. The lowest BCUT2D eigenvalue weighted by Gasteiger charge is -2.39. The van der Waals surface area contributed by atoms with E-state index in [4.69, 9.17) is 10.5 Å². The fraction of sp³-hybridized carbons (Fsp3) is 0.292. The molecule has 1 saturated heterocycles. The monoisotopic (exact) mass is 420 g/mol. The van der Waals surface area contributed by atoms with E-state index in [0.717, 1.165) is 23.2 Å². The van der Waals surface area contributed by atoms with Crippen LogP contribution in [0.2, 0.25) is 0 Å². The van der Waals surface area contributed by atoms with E-state index in [0.29, 0.717) is 42.7 Å². The highest BCUT2D eigenvalue weighted by atomic mass is 19.1. The van der Waals surface area contributed by atoms with Gasteiger partial charge in [-0.1, -0.05) is 6.07 Å². The lowest BCUT2D eigenvalue weighted by molar-refractivity contribution is -0.136. The van der Waals surface area contributed by atoms with Gasteiger partial charge >= 0.3 is 0 Å². The van der Waals surface area contributed by atoms with Crippen LogP contribution in [0.1, 0.15) is 17.0 Å². The third-order valence-electron chi connectivity index (χ3n) is 5.47. The Labute approximate surface area is 180 Å². The summed E-state index contributed by atoms with van der Waals surface area (Å²) in [6, 6.07) is 13.7. The minimum absolute atomic E-state index is 0.00936. The number of hydrogen-bond acceptors (Lipinski definition) is 5. The number of nitrogen functional groups attached to an aromatic ring is 1. The van der Waals surface area contributed by atoms with E-state index < -0.39 is 0 Å². The maximum atomic E-state index is 13.2. The highest BCUT2D eigenvalue weighted by molar-refractivity contribution is 5.81. The van der Waals surface area contributed by atoms with E-state index in [1.165, 1.54) is 12.1 Å². The molecule has 1 aromatic carbocycles. The zero-order valence-electron chi connectivity index (χ0n) is 17.4. The summed E-state index contributed by atoms with van der Waals surface area (Å²) in [6.45, 7) is 1.97. The van der Waals surface area contributed by atoms with Crippen LogP contribution in [0.5, 0.6) is 0 Å². The zero-order valence-corrected chi connectivity index (χ0v) is 17.4. The summed E-state index contributed by atoms with van der Waals surface area (Å²) in [5.41, 5.74) is 10.6. The van der Waals surface area contributed by atoms with Crippen molar-refractivity contribution < 1.29 is 13.9 Å². The molecule has 3 aromatic rings. The molecule has 1 aliphatic heterocycles. The summed E-state index contributed by atoms with van der Waals surface area (Å²) in [5.74, 6) is 0.110. The molecule has 7 heteroatoms. The molecular formula is C24H25FN4O2. The zero-order chi connectivity index (χ0) is 21.8. The van der Waals surface area contributed by atoms with Gasteiger partial charge in [0.05, 0.1) is 30.1 Å². The molecule has 0 spiro atoms. The van der Waals surface area contributed by atoms with Gasteiger partial charge in [0.15, 0.2) is 0 Å². The lowest BCUT2D eigenvalue weighted by atomic mass is 9.93. The van der Waals surface area contributed by atoms with Gasteiger partial charge in [0.25, 0.3) is 0 Å². The van der Waals surface area contributed by atoms with Gasteiger partial charge in [-0.25, -0.2) is 4.39 Å². The molecule has 0 atom stereocenters. The first kappa shape index (κ1) is 20.9. The summed E-state index contributed by atoms with van der Waals surface area (Å²) in [7, 11) is 1.66. The van der Waals surface area contributed by atoms with Crippen LogP contribution in [0, 0.1) is 11.7 Å². The third kappa shape index (κ3) is 5.06. The van der Waals surface area contributed by atoms with Gasteiger partial charge in [0.1, 0.15) is 5.82 Å². The molecular weight excluding hydrogens is 395 g/mol. The van der Waals surface area contributed by atoms with Crippen LogP contribution in [0.3, 0.4) is 0 Å². The summed E-state index contributed by atoms with van der Waals surface area (Å²) >= 11 is 0. The van der Waals surface area contributed by atoms with Crippen LogP contribution in [0.25, 0.3) is 11.3 Å². The number of carbonyl (C=O) groups excluding carboxylic acids is 1. The minimum atomic E-state index is -0.303. The van der Waals surface area contributed by atoms with Crippen molar-refractivity contribution in [2.75, 3.05) is 25.9 Å². The number of nitrogens with two attached hydrogens (primary N) is 1. The molecule has 0 unspecified atom stereocenters. The van der Waals surface area contributed by atoms with E-state index in [9.17, 15) is 9.18 Å². The van der Waals surface area contributed by atoms with Crippen LogP contribution >= 0.6 is 0 Å². The van der Waals surface area contributed by atoms with Gasteiger partial charge in [-0.15, -0.1) is 0 Å². The predicted molar refractivity (Wildman–Crippen MR) is 116 cm³/mol. The molecule has 2 N–H and O–H groups in total. The van der Waals surface area contributed by atoms with Crippen LogP contribution < -0.4 is 5.73 Å². The minimum Gasteiger partial charge on any atom is -0.397 e. The van der Waals surface area contributed by atoms with E-state index in [-0.39, 0.29) is 18.1 Å². The normalized spacial score (nSPS) is 13.8. The van der Waals surface area contributed by atoms with Crippen molar-refractivity contribution in [3.8, 4) is 11.3 Å². The molecule has 1 amide bonds. The second kappa shape index (κ2) is 9.22. The average molecular weight is 420 g/mol. The van der Waals surface area contributed by atoms with E-state index in [1.807, 2.05) is 23.2 Å². The van der Waals surface area contributed by atoms with Gasteiger partial charge in [-0.2, -0.15) is 0 Å². The number of halogens is 1. The third-order valence-corrected chi connectivity index (χ3v) is 5.47. The average Bonchev–Trinajstić information content (AvgIpc) is 2.74.